The molecule has 0 unspecified atom stereocenters. The molecule has 7 heteroatoms. The van der Waals surface area contributed by atoms with Crippen LogP contribution in [0.1, 0.15) is 5.69 Å². The summed E-state index contributed by atoms with van der Waals surface area (Å²) in [6, 6.07) is 4.28. The number of halogens is 2. The Morgan fingerprint density at radius 3 is 2.94 bits per heavy atom. The molecule has 5 nitrogen and oxygen atoms in total. The third kappa shape index (κ3) is 3.27. The maximum atomic E-state index is 12.9. The van der Waals surface area contributed by atoms with Crippen LogP contribution < -0.4 is 10.5 Å². The first kappa shape index (κ1) is 13.0. The van der Waals surface area contributed by atoms with Crippen LogP contribution in [0.15, 0.2) is 28.9 Å². The predicted octanol–water partition coefficient (Wildman–Crippen LogP) is 1.72. The Hall–Kier alpha value is -1.47. The molecule has 0 bridgehead atoms. The molecule has 18 heavy (non-hydrogen) atoms. The number of aromatic nitrogens is 3. The number of hydrogen-bond acceptors (Lipinski definition) is 4. The van der Waals surface area contributed by atoms with Crippen molar-refractivity contribution in [2.75, 3.05) is 6.61 Å². The van der Waals surface area contributed by atoms with Crippen LogP contribution in [0, 0.1) is 5.82 Å². The van der Waals surface area contributed by atoms with Crippen LogP contribution in [0.4, 0.5) is 4.39 Å². The molecule has 2 N–H and O–H groups in total. The summed E-state index contributed by atoms with van der Waals surface area (Å²) in [5, 5.41) is 7.75. The van der Waals surface area contributed by atoms with Crippen molar-refractivity contribution in [3.63, 3.8) is 0 Å². The van der Waals surface area contributed by atoms with E-state index in [4.69, 9.17) is 10.5 Å². The van der Waals surface area contributed by atoms with Crippen LogP contribution >= 0.6 is 15.9 Å². The fourth-order valence-corrected chi connectivity index (χ4v) is 1.85. The maximum Gasteiger partial charge on any atom is 0.133 e. The zero-order valence-corrected chi connectivity index (χ0v) is 11.1. The standard InChI is InChI=1S/C11H12BrFN4O/c12-10-5-8(13)1-2-11(10)18-4-3-17-7-9(6-14)15-16-17/h1-2,5,7H,3-4,6,14H2. The molecular weight excluding hydrogens is 303 g/mol. The lowest BCUT2D eigenvalue weighted by Crippen LogP contribution is -2.09. The molecular formula is C11H12BrFN4O. The molecule has 0 saturated heterocycles. The fraction of sp³-hybridized carbons (Fsp3) is 0.273. The average Bonchev–Trinajstić information content (AvgIpc) is 2.80. The summed E-state index contributed by atoms with van der Waals surface area (Å²) >= 11 is 3.23. The first-order chi connectivity index (χ1) is 8.69. The van der Waals surface area contributed by atoms with Crippen molar-refractivity contribution in [1.82, 2.24) is 15.0 Å². The summed E-state index contributed by atoms with van der Waals surface area (Å²) < 4.78 is 20.6. The molecule has 0 saturated carbocycles. The van der Waals surface area contributed by atoms with Gasteiger partial charge in [-0.1, -0.05) is 5.21 Å². The van der Waals surface area contributed by atoms with E-state index < -0.39 is 0 Å². The van der Waals surface area contributed by atoms with Gasteiger partial charge in [0.15, 0.2) is 0 Å². The predicted molar refractivity (Wildman–Crippen MR) is 67.5 cm³/mol. The second-order valence-electron chi connectivity index (χ2n) is 3.60. The Bertz CT molecular complexity index is 532. The Balaban J connectivity index is 1.88. The summed E-state index contributed by atoms with van der Waals surface area (Å²) in [6.45, 7) is 1.33. The molecule has 1 aromatic carbocycles. The highest BCUT2D eigenvalue weighted by atomic mass is 79.9. The molecule has 0 atom stereocenters. The van der Waals surface area contributed by atoms with Gasteiger partial charge in [-0.15, -0.1) is 5.10 Å². The average molecular weight is 315 g/mol. The fourth-order valence-electron chi connectivity index (χ4n) is 1.38. The van der Waals surface area contributed by atoms with E-state index in [0.29, 0.717) is 29.9 Å². The smallest absolute Gasteiger partial charge is 0.133 e. The lowest BCUT2D eigenvalue weighted by atomic mass is 10.3. The lowest BCUT2D eigenvalue weighted by molar-refractivity contribution is 0.287. The second kappa shape index (κ2) is 5.92. The van der Waals surface area contributed by atoms with Gasteiger partial charge in [0.2, 0.25) is 0 Å². The maximum absolute atomic E-state index is 12.9. The van der Waals surface area contributed by atoms with Gasteiger partial charge in [0.1, 0.15) is 18.2 Å². The van der Waals surface area contributed by atoms with Gasteiger partial charge >= 0.3 is 0 Å². The van der Waals surface area contributed by atoms with Crippen LogP contribution in [0.25, 0.3) is 0 Å². The van der Waals surface area contributed by atoms with Gasteiger partial charge in [-0.25, -0.2) is 9.07 Å². The van der Waals surface area contributed by atoms with Crippen molar-refractivity contribution >= 4 is 15.9 Å². The molecule has 96 valence electrons. The molecule has 1 heterocycles. The Kier molecular flexibility index (Phi) is 4.27. The summed E-state index contributed by atoms with van der Waals surface area (Å²) in [7, 11) is 0. The molecule has 0 spiro atoms. The summed E-state index contributed by atoms with van der Waals surface area (Å²) in [4.78, 5) is 0. The second-order valence-corrected chi connectivity index (χ2v) is 4.45. The van der Waals surface area contributed by atoms with E-state index >= 15 is 0 Å². The first-order valence-corrected chi connectivity index (χ1v) is 6.15. The minimum atomic E-state index is -0.307. The normalized spacial score (nSPS) is 10.6. The van der Waals surface area contributed by atoms with Crippen LogP contribution in [0.2, 0.25) is 0 Å². The number of nitrogens with zero attached hydrogens (tertiary/aromatic N) is 3. The largest absolute Gasteiger partial charge is 0.490 e. The highest BCUT2D eigenvalue weighted by molar-refractivity contribution is 9.10. The van der Waals surface area contributed by atoms with Gasteiger partial charge in [-0.3, -0.25) is 0 Å². The lowest BCUT2D eigenvalue weighted by Gasteiger charge is -2.07. The quantitative estimate of drug-likeness (QED) is 0.912. The van der Waals surface area contributed by atoms with Gasteiger partial charge in [0, 0.05) is 12.7 Å². The summed E-state index contributed by atoms with van der Waals surface area (Å²) in [5.74, 6) is 0.286. The molecule has 0 radical (unpaired) electrons. The molecule has 2 rings (SSSR count). The van der Waals surface area contributed by atoms with Gasteiger partial charge in [-0.05, 0) is 34.1 Å². The van der Waals surface area contributed by atoms with Crippen molar-refractivity contribution in [1.29, 1.82) is 0 Å². The molecule has 0 amide bonds. The zero-order chi connectivity index (χ0) is 13.0. The van der Waals surface area contributed by atoms with Crippen LogP contribution in [0.3, 0.4) is 0 Å². The van der Waals surface area contributed by atoms with Gasteiger partial charge in [0.25, 0.3) is 0 Å². The third-order valence-electron chi connectivity index (χ3n) is 2.27. The minimum absolute atomic E-state index is 0.307. The first-order valence-electron chi connectivity index (χ1n) is 5.36. The number of rotatable bonds is 5. The van der Waals surface area contributed by atoms with Crippen molar-refractivity contribution in [2.45, 2.75) is 13.1 Å². The van der Waals surface area contributed by atoms with Gasteiger partial charge < -0.3 is 10.5 Å². The van der Waals surface area contributed by atoms with Gasteiger partial charge in [0.05, 0.1) is 16.7 Å². The van der Waals surface area contributed by atoms with Crippen molar-refractivity contribution in [3.8, 4) is 5.75 Å². The van der Waals surface area contributed by atoms with Gasteiger partial charge in [-0.2, -0.15) is 0 Å². The van der Waals surface area contributed by atoms with E-state index in [-0.39, 0.29) is 5.82 Å². The number of benzene rings is 1. The van der Waals surface area contributed by atoms with E-state index in [9.17, 15) is 4.39 Å². The van der Waals surface area contributed by atoms with Crippen molar-refractivity contribution in [2.24, 2.45) is 5.73 Å². The Morgan fingerprint density at radius 2 is 2.28 bits per heavy atom. The topological polar surface area (TPSA) is 66.0 Å². The SMILES string of the molecule is NCc1cn(CCOc2ccc(F)cc2Br)nn1. The summed E-state index contributed by atoms with van der Waals surface area (Å²) in [6.07, 6.45) is 1.77. The number of nitrogens with two attached hydrogens (primary N) is 1. The van der Waals surface area contributed by atoms with Crippen molar-refractivity contribution in [3.05, 3.63) is 40.4 Å². The Labute approximate surface area is 112 Å². The van der Waals surface area contributed by atoms with Crippen LogP contribution in [0.5, 0.6) is 5.75 Å². The highest BCUT2D eigenvalue weighted by Gasteiger charge is 2.03. The minimum Gasteiger partial charge on any atom is -0.490 e. The molecule has 0 aliphatic carbocycles. The number of ether oxygens (including phenoxy) is 1. The molecule has 0 aliphatic rings. The number of hydrogen-bond donors (Lipinski definition) is 1. The van der Waals surface area contributed by atoms with E-state index in [1.54, 1.807) is 16.9 Å². The molecule has 0 aliphatic heterocycles. The van der Waals surface area contributed by atoms with Crippen LogP contribution in [-0.2, 0) is 13.1 Å². The Morgan fingerprint density at radius 1 is 1.44 bits per heavy atom. The molecule has 1 aromatic heterocycles. The van der Waals surface area contributed by atoms with Crippen molar-refractivity contribution < 1.29 is 9.13 Å². The van der Waals surface area contributed by atoms with E-state index in [2.05, 4.69) is 26.2 Å². The van der Waals surface area contributed by atoms with E-state index in [1.807, 2.05) is 0 Å². The van der Waals surface area contributed by atoms with E-state index in [0.717, 1.165) is 5.69 Å². The monoisotopic (exact) mass is 314 g/mol. The zero-order valence-electron chi connectivity index (χ0n) is 9.51. The molecule has 2 aromatic rings. The van der Waals surface area contributed by atoms with E-state index in [1.165, 1.54) is 12.1 Å². The summed E-state index contributed by atoms with van der Waals surface area (Å²) in [5.41, 5.74) is 6.16. The third-order valence-corrected chi connectivity index (χ3v) is 2.89. The van der Waals surface area contributed by atoms with Crippen LogP contribution in [-0.4, -0.2) is 21.6 Å². The molecule has 0 fully saturated rings. The highest BCUT2D eigenvalue weighted by Crippen LogP contribution is 2.25.